The molecular formula is C10H10NY-. The van der Waals surface area contributed by atoms with E-state index in [4.69, 9.17) is 0 Å². The average molecular weight is 233 g/mol. The maximum atomic E-state index is 3.83. The first-order valence-corrected chi connectivity index (χ1v) is 3.67. The van der Waals surface area contributed by atoms with Crippen molar-refractivity contribution in [1.29, 1.82) is 0 Å². The molecule has 1 N–H and O–H groups in total. The van der Waals surface area contributed by atoms with Gasteiger partial charge in [-0.25, -0.2) is 6.92 Å². The zero-order chi connectivity index (χ0) is 7.84. The van der Waals surface area contributed by atoms with Gasteiger partial charge in [-0.05, 0) is 13.0 Å². The van der Waals surface area contributed by atoms with Crippen molar-refractivity contribution in [2.45, 2.75) is 6.92 Å². The fourth-order valence-electron chi connectivity index (χ4n) is 1.31. The Bertz CT molecular complexity index is 390. The van der Waals surface area contributed by atoms with Crippen molar-refractivity contribution in [1.82, 2.24) is 4.98 Å². The summed E-state index contributed by atoms with van der Waals surface area (Å²) in [4.78, 5) is 3.17. The first-order valence-electron chi connectivity index (χ1n) is 3.67. The van der Waals surface area contributed by atoms with Crippen LogP contribution >= 0.6 is 0 Å². The predicted molar refractivity (Wildman–Crippen MR) is 47.5 cm³/mol. The largest absolute Gasteiger partial charge is 0.391 e. The van der Waals surface area contributed by atoms with Gasteiger partial charge in [-0.1, -0.05) is 23.1 Å². The van der Waals surface area contributed by atoms with E-state index in [0.29, 0.717) is 0 Å². The Hall–Kier alpha value is -0.266. The van der Waals surface area contributed by atoms with Gasteiger partial charge in [0.2, 0.25) is 0 Å². The molecule has 0 bridgehead atoms. The van der Waals surface area contributed by atoms with Gasteiger partial charge in [-0.2, -0.15) is 6.07 Å². The zero-order valence-corrected chi connectivity index (χ0v) is 9.93. The number of benzene rings is 1. The molecule has 2 rings (SSSR count). The summed E-state index contributed by atoms with van der Waals surface area (Å²) >= 11 is 0. The van der Waals surface area contributed by atoms with Gasteiger partial charge in [0.25, 0.3) is 0 Å². The Morgan fingerprint density at radius 2 is 2.00 bits per heavy atom. The summed E-state index contributed by atoms with van der Waals surface area (Å²) in [6.07, 6.45) is 0. The number of nitrogens with one attached hydrogen (secondary N) is 1. The summed E-state index contributed by atoms with van der Waals surface area (Å²) in [5.74, 6) is 0. The molecule has 0 amide bonds. The van der Waals surface area contributed by atoms with Gasteiger partial charge in [0, 0.05) is 38.2 Å². The number of hydrogen-bond donors (Lipinski definition) is 1. The summed E-state index contributed by atoms with van der Waals surface area (Å²) in [5.41, 5.74) is 3.43. The van der Waals surface area contributed by atoms with Crippen LogP contribution in [0.1, 0.15) is 11.3 Å². The van der Waals surface area contributed by atoms with Crippen molar-refractivity contribution in [2.24, 2.45) is 0 Å². The molecule has 0 unspecified atom stereocenters. The molecule has 1 aromatic carbocycles. The van der Waals surface area contributed by atoms with E-state index in [9.17, 15) is 0 Å². The van der Waals surface area contributed by atoms with Crippen molar-refractivity contribution >= 4 is 10.9 Å². The Labute approximate surface area is 97.4 Å². The second kappa shape index (κ2) is 3.63. The molecule has 0 aliphatic carbocycles. The van der Waals surface area contributed by atoms with Crippen LogP contribution in [0.3, 0.4) is 0 Å². The molecule has 1 heterocycles. The van der Waals surface area contributed by atoms with Gasteiger partial charge >= 0.3 is 0 Å². The smallest absolute Gasteiger partial charge is 0.0251 e. The standard InChI is InChI=1S/C10H10N.Y/c1-7-3-4-10-9(5-7)6-8(2)11-10;/h3-6,11H,2H2,1H3;/q-1;. The van der Waals surface area contributed by atoms with Crippen LogP contribution in [-0.4, -0.2) is 4.98 Å². The van der Waals surface area contributed by atoms with Gasteiger partial charge in [-0.3, -0.25) is 0 Å². The van der Waals surface area contributed by atoms with E-state index in [1.54, 1.807) is 0 Å². The van der Waals surface area contributed by atoms with Crippen LogP contribution < -0.4 is 0 Å². The SMILES string of the molecule is [CH2-]c1cc2cc(C)ccc2[nH]1.[Y]. The summed E-state index contributed by atoms with van der Waals surface area (Å²) in [6.45, 7) is 5.92. The second-order valence-electron chi connectivity index (χ2n) is 2.89. The molecule has 1 nitrogen and oxygen atoms in total. The van der Waals surface area contributed by atoms with Crippen LogP contribution in [0.15, 0.2) is 24.3 Å². The molecule has 12 heavy (non-hydrogen) atoms. The Morgan fingerprint density at radius 3 is 2.75 bits per heavy atom. The monoisotopic (exact) mass is 233 g/mol. The minimum absolute atomic E-state index is 0. The number of aromatic nitrogens is 1. The number of fused-ring (bicyclic) bond motifs is 1. The van der Waals surface area contributed by atoms with Crippen LogP contribution in [0.25, 0.3) is 10.9 Å². The molecule has 0 atom stereocenters. The van der Waals surface area contributed by atoms with E-state index in [-0.39, 0.29) is 32.7 Å². The molecule has 2 aromatic rings. The molecule has 0 aliphatic rings. The molecule has 0 aliphatic heterocycles. The third-order valence-electron chi connectivity index (χ3n) is 1.83. The molecule has 0 saturated heterocycles. The van der Waals surface area contributed by atoms with Crippen molar-refractivity contribution < 1.29 is 32.7 Å². The van der Waals surface area contributed by atoms with Crippen LogP contribution in [0.5, 0.6) is 0 Å². The van der Waals surface area contributed by atoms with Crippen LogP contribution in [0.2, 0.25) is 0 Å². The van der Waals surface area contributed by atoms with E-state index in [1.165, 1.54) is 16.5 Å². The van der Waals surface area contributed by atoms with E-state index in [1.807, 2.05) is 0 Å². The van der Waals surface area contributed by atoms with Gasteiger partial charge in [0.1, 0.15) is 0 Å². The zero-order valence-electron chi connectivity index (χ0n) is 7.09. The number of H-pyrrole nitrogens is 1. The van der Waals surface area contributed by atoms with Crippen LogP contribution in [0, 0.1) is 13.8 Å². The van der Waals surface area contributed by atoms with Crippen LogP contribution in [-0.2, 0) is 32.7 Å². The number of aryl methyl sites for hydroxylation is 1. The summed E-state index contributed by atoms with van der Waals surface area (Å²) in [6, 6.07) is 8.39. The van der Waals surface area contributed by atoms with Gasteiger partial charge < -0.3 is 4.98 Å². The first kappa shape index (κ1) is 9.82. The predicted octanol–water partition coefficient (Wildman–Crippen LogP) is 2.66. The number of rotatable bonds is 0. The Balaban J connectivity index is 0.000000720. The molecule has 0 spiro atoms. The minimum Gasteiger partial charge on any atom is -0.391 e. The van der Waals surface area contributed by atoms with Crippen molar-refractivity contribution in [3.8, 4) is 0 Å². The van der Waals surface area contributed by atoms with Gasteiger partial charge in [-0.15, -0.1) is 5.69 Å². The minimum atomic E-state index is 0. The molecule has 0 fully saturated rings. The second-order valence-corrected chi connectivity index (χ2v) is 2.89. The fourth-order valence-corrected chi connectivity index (χ4v) is 1.31. The molecular weight excluding hydrogens is 223 g/mol. The molecule has 1 radical (unpaired) electrons. The van der Waals surface area contributed by atoms with E-state index in [2.05, 4.69) is 43.1 Å². The quantitative estimate of drug-likeness (QED) is 0.673. The summed E-state index contributed by atoms with van der Waals surface area (Å²) in [5, 5.41) is 1.25. The van der Waals surface area contributed by atoms with Crippen molar-refractivity contribution in [3.05, 3.63) is 42.4 Å². The summed E-state index contributed by atoms with van der Waals surface area (Å²) in [7, 11) is 0. The fraction of sp³-hybridized carbons (Fsp3) is 0.100. The van der Waals surface area contributed by atoms with E-state index < -0.39 is 0 Å². The first-order chi connectivity index (χ1) is 5.25. The molecule has 1 aromatic heterocycles. The normalized spacial score (nSPS) is 9.75. The third kappa shape index (κ3) is 1.73. The Kier molecular flexibility index (Phi) is 2.97. The topological polar surface area (TPSA) is 15.8 Å². The average Bonchev–Trinajstić information content (AvgIpc) is 2.27. The third-order valence-corrected chi connectivity index (χ3v) is 1.83. The van der Waals surface area contributed by atoms with E-state index >= 15 is 0 Å². The van der Waals surface area contributed by atoms with Crippen LogP contribution in [0.4, 0.5) is 0 Å². The molecule has 59 valence electrons. The van der Waals surface area contributed by atoms with Gasteiger partial charge in [0.15, 0.2) is 0 Å². The maximum absolute atomic E-state index is 3.83. The maximum Gasteiger partial charge on any atom is 0.0251 e. The molecule has 2 heteroatoms. The van der Waals surface area contributed by atoms with Gasteiger partial charge in [0.05, 0.1) is 0 Å². The van der Waals surface area contributed by atoms with E-state index in [0.717, 1.165) is 5.69 Å². The molecule has 0 saturated carbocycles. The van der Waals surface area contributed by atoms with Crippen molar-refractivity contribution in [2.75, 3.05) is 0 Å². The number of hydrogen-bond acceptors (Lipinski definition) is 0. The number of aromatic amines is 1. The van der Waals surface area contributed by atoms with Crippen molar-refractivity contribution in [3.63, 3.8) is 0 Å². The summed E-state index contributed by atoms with van der Waals surface area (Å²) < 4.78 is 0. The Morgan fingerprint density at radius 1 is 1.25 bits per heavy atom.